The van der Waals surface area contributed by atoms with Crippen molar-refractivity contribution in [2.75, 3.05) is 6.54 Å². The van der Waals surface area contributed by atoms with Crippen LogP contribution in [-0.2, 0) is 7.05 Å². The molecular weight excluding hydrogens is 318 g/mol. The van der Waals surface area contributed by atoms with E-state index in [1.807, 2.05) is 47.0 Å². The van der Waals surface area contributed by atoms with Gasteiger partial charge < -0.3 is 5.32 Å². The third-order valence-corrected chi connectivity index (χ3v) is 4.00. The summed E-state index contributed by atoms with van der Waals surface area (Å²) in [6.45, 7) is 2.97. The first kappa shape index (κ1) is 13.3. The van der Waals surface area contributed by atoms with Gasteiger partial charge in [0, 0.05) is 18.8 Å². The van der Waals surface area contributed by atoms with Crippen LogP contribution in [0.4, 0.5) is 0 Å². The van der Waals surface area contributed by atoms with Crippen LogP contribution in [0.1, 0.15) is 24.2 Å². The molecule has 3 rings (SSSR count). The fraction of sp³-hybridized carbons (Fsp3) is 0.286. The Hall–Kier alpha value is -1.66. The number of hydrogen-bond donors (Lipinski definition) is 1. The summed E-state index contributed by atoms with van der Waals surface area (Å²) >= 11 is 3.59. The number of nitrogens with zero attached hydrogens (tertiary/aromatic N) is 4. The van der Waals surface area contributed by atoms with E-state index in [4.69, 9.17) is 0 Å². The van der Waals surface area contributed by atoms with Crippen molar-refractivity contribution in [3.05, 3.63) is 52.5 Å². The van der Waals surface area contributed by atoms with Crippen molar-refractivity contribution >= 4 is 21.4 Å². The van der Waals surface area contributed by atoms with Crippen LogP contribution in [0, 0.1) is 0 Å². The van der Waals surface area contributed by atoms with E-state index in [0.717, 1.165) is 27.8 Å². The Bertz CT molecular complexity index is 711. The summed E-state index contributed by atoms with van der Waals surface area (Å²) in [5.74, 6) is 0. The van der Waals surface area contributed by atoms with Crippen molar-refractivity contribution in [2.45, 2.75) is 13.0 Å². The van der Waals surface area contributed by atoms with Gasteiger partial charge in [0.2, 0.25) is 0 Å². The van der Waals surface area contributed by atoms with Gasteiger partial charge in [-0.05, 0) is 34.6 Å². The molecular formula is C14H16BrN5. The molecule has 1 atom stereocenters. The Morgan fingerprint density at radius 2 is 2.15 bits per heavy atom. The van der Waals surface area contributed by atoms with Crippen molar-refractivity contribution in [1.82, 2.24) is 24.7 Å². The predicted molar refractivity (Wildman–Crippen MR) is 81.6 cm³/mol. The van der Waals surface area contributed by atoms with Crippen LogP contribution in [0.15, 0.2) is 41.3 Å². The van der Waals surface area contributed by atoms with Gasteiger partial charge >= 0.3 is 0 Å². The summed E-state index contributed by atoms with van der Waals surface area (Å²) < 4.78 is 4.79. The third-order valence-electron chi connectivity index (χ3n) is 3.39. The fourth-order valence-corrected chi connectivity index (χ4v) is 3.06. The number of fused-ring (bicyclic) bond motifs is 1. The summed E-state index contributed by atoms with van der Waals surface area (Å²) in [7, 11) is 1.95. The van der Waals surface area contributed by atoms with Gasteiger partial charge in [0.05, 0.1) is 34.1 Å². The fourth-order valence-electron chi connectivity index (χ4n) is 2.48. The van der Waals surface area contributed by atoms with E-state index in [-0.39, 0.29) is 6.04 Å². The Kier molecular flexibility index (Phi) is 3.58. The van der Waals surface area contributed by atoms with Crippen LogP contribution >= 0.6 is 15.9 Å². The summed E-state index contributed by atoms with van der Waals surface area (Å²) in [5, 5.41) is 12.3. The Balaban J connectivity index is 2.16. The van der Waals surface area contributed by atoms with E-state index in [0.29, 0.717) is 0 Å². The zero-order valence-corrected chi connectivity index (χ0v) is 13.0. The highest BCUT2D eigenvalue weighted by molar-refractivity contribution is 9.10. The summed E-state index contributed by atoms with van der Waals surface area (Å²) in [6.07, 6.45) is 5.70. The smallest absolute Gasteiger partial charge is 0.0796 e. The van der Waals surface area contributed by atoms with Crippen molar-refractivity contribution in [3.8, 4) is 0 Å². The molecule has 1 unspecified atom stereocenters. The predicted octanol–water partition coefficient (Wildman–Crippen LogP) is 2.53. The zero-order chi connectivity index (χ0) is 14.1. The molecule has 0 spiro atoms. The minimum absolute atomic E-state index is 0.0572. The number of rotatable bonds is 4. The van der Waals surface area contributed by atoms with Crippen LogP contribution in [0.2, 0.25) is 0 Å². The zero-order valence-electron chi connectivity index (χ0n) is 11.4. The largest absolute Gasteiger partial charge is 0.305 e. The molecule has 0 bridgehead atoms. The van der Waals surface area contributed by atoms with Crippen LogP contribution in [-0.4, -0.2) is 25.9 Å². The molecule has 0 radical (unpaired) electrons. The minimum atomic E-state index is 0.0572. The second-order valence-electron chi connectivity index (χ2n) is 4.62. The summed E-state index contributed by atoms with van der Waals surface area (Å²) in [6, 6.07) is 6.15. The number of nitrogens with one attached hydrogen (secondary N) is 1. The maximum Gasteiger partial charge on any atom is 0.0796 e. The molecule has 3 heterocycles. The van der Waals surface area contributed by atoms with Crippen LogP contribution in [0.5, 0.6) is 0 Å². The maximum atomic E-state index is 4.42. The Morgan fingerprint density at radius 3 is 2.85 bits per heavy atom. The first-order valence-corrected chi connectivity index (χ1v) is 7.34. The second kappa shape index (κ2) is 5.38. The van der Waals surface area contributed by atoms with Crippen molar-refractivity contribution < 1.29 is 0 Å². The molecule has 0 aliphatic heterocycles. The van der Waals surface area contributed by atoms with Gasteiger partial charge in [-0.15, -0.1) is 0 Å². The van der Waals surface area contributed by atoms with E-state index in [1.165, 1.54) is 0 Å². The van der Waals surface area contributed by atoms with Crippen molar-refractivity contribution in [1.29, 1.82) is 0 Å². The average Bonchev–Trinajstić information content (AvgIpc) is 3.01. The lowest BCUT2D eigenvalue weighted by molar-refractivity contribution is 0.573. The third kappa shape index (κ3) is 2.14. The Morgan fingerprint density at radius 1 is 1.30 bits per heavy atom. The molecule has 5 nitrogen and oxygen atoms in total. The maximum absolute atomic E-state index is 4.42. The topological polar surface area (TPSA) is 47.1 Å². The lowest BCUT2D eigenvalue weighted by atomic mass is 10.1. The van der Waals surface area contributed by atoms with E-state index < -0.39 is 0 Å². The van der Waals surface area contributed by atoms with E-state index in [2.05, 4.69) is 44.4 Å². The number of halogens is 1. The Labute approximate surface area is 125 Å². The first-order valence-electron chi connectivity index (χ1n) is 6.55. The highest BCUT2D eigenvalue weighted by atomic mass is 79.9. The summed E-state index contributed by atoms with van der Waals surface area (Å²) in [4.78, 5) is 0. The van der Waals surface area contributed by atoms with Gasteiger partial charge in [-0.25, -0.2) is 4.52 Å². The molecule has 20 heavy (non-hydrogen) atoms. The normalized spacial score (nSPS) is 12.9. The number of aryl methyl sites for hydroxylation is 1. The molecule has 0 saturated heterocycles. The van der Waals surface area contributed by atoms with E-state index in [1.54, 1.807) is 0 Å². The molecule has 0 aliphatic rings. The molecule has 3 aromatic heterocycles. The molecule has 6 heteroatoms. The van der Waals surface area contributed by atoms with Gasteiger partial charge in [-0.1, -0.05) is 13.0 Å². The van der Waals surface area contributed by atoms with E-state index >= 15 is 0 Å². The van der Waals surface area contributed by atoms with Gasteiger partial charge in [-0.2, -0.15) is 10.2 Å². The lowest BCUT2D eigenvalue weighted by Gasteiger charge is -2.18. The highest BCUT2D eigenvalue weighted by Gasteiger charge is 2.23. The molecule has 3 aromatic rings. The number of hydrogen-bond acceptors (Lipinski definition) is 3. The SMILES string of the molecule is CCNC(c1cnn2ccccc12)c1c(Br)cnn1C. The molecule has 0 amide bonds. The number of aromatic nitrogens is 4. The van der Waals surface area contributed by atoms with Crippen LogP contribution in [0.3, 0.4) is 0 Å². The van der Waals surface area contributed by atoms with Gasteiger partial charge in [0.15, 0.2) is 0 Å². The van der Waals surface area contributed by atoms with Crippen molar-refractivity contribution in [2.24, 2.45) is 7.05 Å². The minimum Gasteiger partial charge on any atom is -0.305 e. The lowest BCUT2D eigenvalue weighted by Crippen LogP contribution is -2.24. The summed E-state index contributed by atoms with van der Waals surface area (Å²) in [5.41, 5.74) is 3.36. The van der Waals surface area contributed by atoms with Crippen LogP contribution < -0.4 is 5.32 Å². The van der Waals surface area contributed by atoms with E-state index in [9.17, 15) is 0 Å². The molecule has 104 valence electrons. The quantitative estimate of drug-likeness (QED) is 0.798. The monoisotopic (exact) mass is 333 g/mol. The van der Waals surface area contributed by atoms with Gasteiger partial charge in [0.25, 0.3) is 0 Å². The standard InChI is InChI=1S/C14H16BrN5/c1-3-16-13(14-11(15)9-17-19(14)2)10-8-18-20-7-5-4-6-12(10)20/h4-9,13,16H,3H2,1-2H3. The molecule has 0 saturated carbocycles. The molecule has 0 aromatic carbocycles. The van der Waals surface area contributed by atoms with Crippen LogP contribution in [0.25, 0.3) is 5.52 Å². The second-order valence-corrected chi connectivity index (χ2v) is 5.48. The number of pyridine rings is 1. The molecule has 1 N–H and O–H groups in total. The first-order chi connectivity index (χ1) is 9.72. The highest BCUT2D eigenvalue weighted by Crippen LogP contribution is 2.30. The van der Waals surface area contributed by atoms with Gasteiger partial charge in [-0.3, -0.25) is 4.68 Å². The van der Waals surface area contributed by atoms with Gasteiger partial charge in [0.1, 0.15) is 0 Å². The average molecular weight is 334 g/mol. The van der Waals surface area contributed by atoms with Crippen molar-refractivity contribution in [3.63, 3.8) is 0 Å². The molecule has 0 aliphatic carbocycles. The molecule has 0 fully saturated rings.